The molecule has 0 aliphatic heterocycles. The lowest BCUT2D eigenvalue weighted by atomic mass is 10.2. The molecule has 0 amide bonds. The molecule has 3 rings (SSSR count). The lowest BCUT2D eigenvalue weighted by molar-refractivity contribution is 0.838. The summed E-state index contributed by atoms with van der Waals surface area (Å²) in [4.78, 5) is 0. The Morgan fingerprint density at radius 2 is 2.00 bits per heavy atom. The number of benzene rings is 1. The van der Waals surface area contributed by atoms with Gasteiger partial charge in [-0.15, -0.1) is 0 Å². The van der Waals surface area contributed by atoms with Gasteiger partial charge < -0.3 is 0 Å². The molecule has 1 heterocycles. The van der Waals surface area contributed by atoms with Crippen molar-refractivity contribution >= 4 is 23.2 Å². The zero-order valence-electron chi connectivity index (χ0n) is 9.40. The first-order valence-corrected chi connectivity index (χ1v) is 6.41. The van der Waals surface area contributed by atoms with E-state index in [-0.39, 0.29) is 0 Å². The topological polar surface area (TPSA) is 41.6 Å². The number of para-hydroxylation sites is 1. The number of halogens is 2. The highest BCUT2D eigenvalue weighted by atomic mass is 35.5. The number of rotatable bonds is 2. The van der Waals surface area contributed by atoms with Crippen molar-refractivity contribution in [3.05, 3.63) is 45.7 Å². The molecular weight excluding hydrogens is 269 g/mol. The number of aromatic nitrogens is 2. The quantitative estimate of drug-likeness (QED) is 0.835. The van der Waals surface area contributed by atoms with E-state index in [0.29, 0.717) is 27.3 Å². The molecule has 1 fully saturated rings. The van der Waals surface area contributed by atoms with Gasteiger partial charge in [-0.3, -0.25) is 0 Å². The van der Waals surface area contributed by atoms with E-state index >= 15 is 0 Å². The van der Waals surface area contributed by atoms with E-state index in [1.807, 2.05) is 18.2 Å². The van der Waals surface area contributed by atoms with Crippen LogP contribution in [0.5, 0.6) is 0 Å². The summed E-state index contributed by atoms with van der Waals surface area (Å²) in [5.74, 6) is 0.376. The van der Waals surface area contributed by atoms with Crippen LogP contribution in [0.3, 0.4) is 0 Å². The van der Waals surface area contributed by atoms with E-state index in [9.17, 15) is 5.26 Å². The molecule has 0 saturated heterocycles. The fourth-order valence-electron chi connectivity index (χ4n) is 1.94. The van der Waals surface area contributed by atoms with Gasteiger partial charge in [0.15, 0.2) is 5.15 Å². The van der Waals surface area contributed by atoms with Crippen molar-refractivity contribution in [3.63, 3.8) is 0 Å². The maximum absolute atomic E-state index is 9.18. The molecule has 1 aliphatic carbocycles. The molecule has 1 aliphatic rings. The summed E-state index contributed by atoms with van der Waals surface area (Å²) in [7, 11) is 0. The van der Waals surface area contributed by atoms with Crippen LogP contribution in [0.2, 0.25) is 10.2 Å². The largest absolute Gasteiger partial charge is 0.219 e. The fourth-order valence-corrected chi connectivity index (χ4v) is 2.43. The summed E-state index contributed by atoms with van der Waals surface area (Å²) >= 11 is 12.4. The van der Waals surface area contributed by atoms with Crippen molar-refractivity contribution < 1.29 is 0 Å². The number of nitrogens with zero attached hydrogens (tertiary/aromatic N) is 3. The van der Waals surface area contributed by atoms with Crippen LogP contribution in [-0.2, 0) is 0 Å². The standard InChI is InChI=1S/C13H9Cl2N3/c14-10-3-1-2-4-11(10)18-13(15)9(7-16)12(17-18)8-5-6-8/h1-4,8H,5-6H2. The predicted molar refractivity (Wildman–Crippen MR) is 70.3 cm³/mol. The predicted octanol–water partition coefficient (Wildman–Crippen LogP) is 3.93. The first kappa shape index (κ1) is 11.6. The van der Waals surface area contributed by atoms with Gasteiger partial charge in [0, 0.05) is 5.92 Å². The molecule has 1 saturated carbocycles. The Morgan fingerprint density at radius 3 is 2.61 bits per heavy atom. The van der Waals surface area contributed by atoms with Crippen molar-refractivity contribution in [3.8, 4) is 11.8 Å². The van der Waals surface area contributed by atoms with Crippen LogP contribution >= 0.6 is 23.2 Å². The zero-order valence-corrected chi connectivity index (χ0v) is 10.9. The average Bonchev–Trinajstić information content (AvgIpc) is 3.15. The first-order valence-electron chi connectivity index (χ1n) is 5.65. The zero-order chi connectivity index (χ0) is 12.7. The highest BCUT2D eigenvalue weighted by Gasteiger charge is 2.32. The second-order valence-electron chi connectivity index (χ2n) is 4.30. The van der Waals surface area contributed by atoms with Crippen LogP contribution in [0.25, 0.3) is 5.69 Å². The van der Waals surface area contributed by atoms with E-state index < -0.39 is 0 Å². The molecule has 0 unspecified atom stereocenters. The molecule has 18 heavy (non-hydrogen) atoms. The van der Waals surface area contributed by atoms with Crippen molar-refractivity contribution in [2.75, 3.05) is 0 Å². The summed E-state index contributed by atoms with van der Waals surface area (Å²) in [6.07, 6.45) is 2.15. The highest BCUT2D eigenvalue weighted by molar-refractivity contribution is 6.33. The summed E-state index contributed by atoms with van der Waals surface area (Å²) in [6, 6.07) is 9.45. The molecule has 0 spiro atoms. The van der Waals surface area contributed by atoms with Gasteiger partial charge in [0.25, 0.3) is 0 Å². The lowest BCUT2D eigenvalue weighted by Gasteiger charge is -2.04. The van der Waals surface area contributed by atoms with Gasteiger partial charge in [0.1, 0.15) is 11.6 Å². The van der Waals surface area contributed by atoms with E-state index in [0.717, 1.165) is 18.5 Å². The average molecular weight is 278 g/mol. The Balaban J connectivity index is 2.19. The molecule has 1 aromatic carbocycles. The Hall–Kier alpha value is -1.50. The van der Waals surface area contributed by atoms with Crippen molar-refractivity contribution in [1.82, 2.24) is 9.78 Å². The van der Waals surface area contributed by atoms with Gasteiger partial charge in [-0.2, -0.15) is 10.4 Å². The van der Waals surface area contributed by atoms with Gasteiger partial charge in [-0.25, -0.2) is 4.68 Å². The minimum atomic E-state index is 0.340. The Kier molecular flexibility index (Phi) is 2.77. The van der Waals surface area contributed by atoms with Crippen LogP contribution in [0, 0.1) is 11.3 Å². The van der Waals surface area contributed by atoms with Crippen LogP contribution in [0.4, 0.5) is 0 Å². The molecular formula is C13H9Cl2N3. The highest BCUT2D eigenvalue weighted by Crippen LogP contribution is 2.43. The normalized spacial score (nSPS) is 14.5. The van der Waals surface area contributed by atoms with Gasteiger partial charge >= 0.3 is 0 Å². The maximum Gasteiger partial charge on any atom is 0.151 e. The SMILES string of the molecule is N#Cc1c(C2CC2)nn(-c2ccccc2Cl)c1Cl. The van der Waals surface area contributed by atoms with Crippen LogP contribution in [0.1, 0.15) is 30.0 Å². The molecule has 5 heteroatoms. The summed E-state index contributed by atoms with van der Waals surface area (Å²) < 4.78 is 1.55. The van der Waals surface area contributed by atoms with Crippen LogP contribution in [-0.4, -0.2) is 9.78 Å². The molecule has 0 atom stereocenters. The number of hydrogen-bond donors (Lipinski definition) is 0. The van der Waals surface area contributed by atoms with Crippen LogP contribution in [0.15, 0.2) is 24.3 Å². The summed E-state index contributed by atoms with van der Waals surface area (Å²) in [5.41, 5.74) is 1.97. The van der Waals surface area contributed by atoms with Crippen molar-refractivity contribution in [1.29, 1.82) is 5.26 Å². The maximum atomic E-state index is 9.18. The second kappa shape index (κ2) is 4.31. The molecule has 1 aromatic heterocycles. The minimum Gasteiger partial charge on any atom is -0.219 e. The van der Waals surface area contributed by atoms with E-state index in [1.54, 1.807) is 10.7 Å². The van der Waals surface area contributed by atoms with E-state index in [2.05, 4.69) is 11.2 Å². The Morgan fingerprint density at radius 1 is 1.28 bits per heavy atom. The third-order valence-corrected chi connectivity index (χ3v) is 3.68. The third-order valence-electron chi connectivity index (χ3n) is 3.01. The monoisotopic (exact) mass is 277 g/mol. The van der Waals surface area contributed by atoms with Gasteiger partial charge in [-0.1, -0.05) is 35.3 Å². The number of hydrogen-bond acceptors (Lipinski definition) is 2. The minimum absolute atomic E-state index is 0.340. The third kappa shape index (κ3) is 1.78. The molecule has 3 nitrogen and oxygen atoms in total. The fraction of sp³-hybridized carbons (Fsp3) is 0.231. The molecule has 0 bridgehead atoms. The molecule has 0 N–H and O–H groups in total. The van der Waals surface area contributed by atoms with Crippen molar-refractivity contribution in [2.45, 2.75) is 18.8 Å². The molecule has 2 aromatic rings. The number of nitriles is 1. The first-order chi connectivity index (χ1) is 8.72. The van der Waals surface area contributed by atoms with Gasteiger partial charge in [0.05, 0.1) is 16.4 Å². The van der Waals surface area contributed by atoms with Crippen molar-refractivity contribution in [2.24, 2.45) is 0 Å². The lowest BCUT2D eigenvalue weighted by Crippen LogP contribution is -1.97. The molecule has 90 valence electrons. The van der Waals surface area contributed by atoms with E-state index in [4.69, 9.17) is 23.2 Å². The Labute approximate surface area is 115 Å². The van der Waals surface area contributed by atoms with Crippen LogP contribution < -0.4 is 0 Å². The molecule has 0 radical (unpaired) electrons. The van der Waals surface area contributed by atoms with E-state index in [1.165, 1.54) is 0 Å². The summed E-state index contributed by atoms with van der Waals surface area (Å²) in [5, 5.41) is 14.5. The van der Waals surface area contributed by atoms with Gasteiger partial charge in [-0.05, 0) is 25.0 Å². The van der Waals surface area contributed by atoms with Gasteiger partial charge in [0.2, 0.25) is 0 Å². The summed E-state index contributed by atoms with van der Waals surface area (Å²) in [6.45, 7) is 0. The smallest absolute Gasteiger partial charge is 0.151 e. The Bertz CT molecular complexity index is 651. The second-order valence-corrected chi connectivity index (χ2v) is 5.07.